The largest absolute Gasteiger partial charge is 0.323 e. The van der Waals surface area contributed by atoms with E-state index in [2.05, 4.69) is 20.3 Å². The van der Waals surface area contributed by atoms with Gasteiger partial charge in [-0.25, -0.2) is 15.0 Å². The molecule has 2 heterocycles. The molecule has 5 nitrogen and oxygen atoms in total. The Balaban J connectivity index is 1.76. The molecule has 0 spiro atoms. The molecule has 5 heteroatoms. The van der Waals surface area contributed by atoms with E-state index in [1.54, 1.807) is 30.7 Å². The molecule has 0 aliphatic carbocycles. The van der Waals surface area contributed by atoms with Crippen molar-refractivity contribution < 1.29 is 0 Å². The van der Waals surface area contributed by atoms with Gasteiger partial charge in [-0.05, 0) is 17.7 Å². The van der Waals surface area contributed by atoms with Gasteiger partial charge >= 0.3 is 0 Å². The SMILES string of the molecule is N#Cc1ccc(Nc2ncc(-c3ccccc3)cn2)cn1. The highest BCUT2D eigenvalue weighted by atomic mass is 15.1. The number of nitrogens with one attached hydrogen (secondary N) is 1. The van der Waals surface area contributed by atoms with E-state index in [9.17, 15) is 0 Å². The molecule has 0 fully saturated rings. The molecule has 0 amide bonds. The molecule has 21 heavy (non-hydrogen) atoms. The van der Waals surface area contributed by atoms with Crippen molar-refractivity contribution in [1.29, 1.82) is 5.26 Å². The van der Waals surface area contributed by atoms with Crippen molar-refractivity contribution in [1.82, 2.24) is 15.0 Å². The summed E-state index contributed by atoms with van der Waals surface area (Å²) in [6.45, 7) is 0. The summed E-state index contributed by atoms with van der Waals surface area (Å²) >= 11 is 0. The number of anilines is 2. The van der Waals surface area contributed by atoms with Crippen molar-refractivity contribution in [2.24, 2.45) is 0 Å². The van der Waals surface area contributed by atoms with Gasteiger partial charge < -0.3 is 5.32 Å². The van der Waals surface area contributed by atoms with Crippen molar-refractivity contribution >= 4 is 11.6 Å². The van der Waals surface area contributed by atoms with Crippen molar-refractivity contribution in [3.05, 3.63) is 66.7 Å². The van der Waals surface area contributed by atoms with Crippen LogP contribution >= 0.6 is 0 Å². The van der Waals surface area contributed by atoms with Crippen LogP contribution in [0.25, 0.3) is 11.1 Å². The molecule has 100 valence electrons. The summed E-state index contributed by atoms with van der Waals surface area (Å²) in [6.07, 6.45) is 5.11. The molecule has 0 radical (unpaired) electrons. The fourth-order valence-corrected chi connectivity index (χ4v) is 1.84. The maximum Gasteiger partial charge on any atom is 0.227 e. The second-order valence-corrected chi connectivity index (χ2v) is 4.33. The summed E-state index contributed by atoms with van der Waals surface area (Å²) in [5.74, 6) is 0.487. The summed E-state index contributed by atoms with van der Waals surface area (Å²) in [6, 6.07) is 15.3. The van der Waals surface area contributed by atoms with Gasteiger partial charge in [-0.2, -0.15) is 5.26 Å². The van der Waals surface area contributed by atoms with Crippen LogP contribution in [0.2, 0.25) is 0 Å². The maximum absolute atomic E-state index is 8.70. The van der Waals surface area contributed by atoms with Crippen LogP contribution in [0.4, 0.5) is 11.6 Å². The van der Waals surface area contributed by atoms with Gasteiger partial charge in [-0.1, -0.05) is 30.3 Å². The van der Waals surface area contributed by atoms with E-state index in [1.165, 1.54) is 0 Å². The topological polar surface area (TPSA) is 74.5 Å². The van der Waals surface area contributed by atoms with E-state index in [-0.39, 0.29) is 0 Å². The van der Waals surface area contributed by atoms with E-state index in [4.69, 9.17) is 5.26 Å². The van der Waals surface area contributed by atoms with Crippen LogP contribution in [-0.4, -0.2) is 15.0 Å². The lowest BCUT2D eigenvalue weighted by atomic mass is 10.1. The molecule has 0 unspecified atom stereocenters. The third-order valence-corrected chi connectivity index (χ3v) is 2.89. The number of pyridine rings is 1. The monoisotopic (exact) mass is 273 g/mol. The van der Waals surface area contributed by atoms with Gasteiger partial charge in [0.1, 0.15) is 11.8 Å². The second-order valence-electron chi connectivity index (χ2n) is 4.33. The first kappa shape index (κ1) is 12.8. The summed E-state index contributed by atoms with van der Waals surface area (Å²) in [7, 11) is 0. The van der Waals surface area contributed by atoms with E-state index < -0.39 is 0 Å². The summed E-state index contributed by atoms with van der Waals surface area (Å²) in [4.78, 5) is 12.5. The molecule has 0 atom stereocenters. The highest BCUT2D eigenvalue weighted by molar-refractivity contribution is 5.62. The first-order chi connectivity index (χ1) is 10.3. The molecule has 3 aromatic rings. The third-order valence-electron chi connectivity index (χ3n) is 2.89. The molecule has 0 saturated heterocycles. The fourth-order valence-electron chi connectivity index (χ4n) is 1.84. The zero-order valence-corrected chi connectivity index (χ0v) is 11.1. The number of nitriles is 1. The summed E-state index contributed by atoms with van der Waals surface area (Å²) < 4.78 is 0. The Morgan fingerprint density at radius 2 is 1.57 bits per heavy atom. The molecule has 0 aliphatic rings. The molecule has 0 saturated carbocycles. The van der Waals surface area contributed by atoms with Crippen LogP contribution in [0.1, 0.15) is 5.69 Å². The van der Waals surface area contributed by atoms with Gasteiger partial charge in [-0.15, -0.1) is 0 Å². The number of hydrogen-bond acceptors (Lipinski definition) is 5. The first-order valence-electron chi connectivity index (χ1n) is 6.36. The Morgan fingerprint density at radius 1 is 0.810 bits per heavy atom. The van der Waals surface area contributed by atoms with E-state index >= 15 is 0 Å². The van der Waals surface area contributed by atoms with Crippen molar-refractivity contribution in [3.63, 3.8) is 0 Å². The van der Waals surface area contributed by atoms with Crippen molar-refractivity contribution in [2.45, 2.75) is 0 Å². The van der Waals surface area contributed by atoms with E-state index in [0.29, 0.717) is 11.6 Å². The quantitative estimate of drug-likeness (QED) is 0.793. The van der Waals surface area contributed by atoms with Gasteiger partial charge in [0.2, 0.25) is 5.95 Å². The van der Waals surface area contributed by atoms with Crippen molar-refractivity contribution in [2.75, 3.05) is 5.32 Å². The number of hydrogen-bond donors (Lipinski definition) is 1. The predicted octanol–water partition coefficient (Wildman–Crippen LogP) is 3.15. The lowest BCUT2D eigenvalue weighted by Crippen LogP contribution is -1.97. The van der Waals surface area contributed by atoms with Crippen molar-refractivity contribution in [3.8, 4) is 17.2 Å². The standard InChI is InChI=1S/C16H11N5/c17-8-14-6-7-15(11-18-14)21-16-19-9-13(10-20-16)12-4-2-1-3-5-12/h1-7,9-11H,(H,19,20,21). The average molecular weight is 273 g/mol. The molecule has 0 aliphatic heterocycles. The fraction of sp³-hybridized carbons (Fsp3) is 0. The number of aromatic nitrogens is 3. The minimum atomic E-state index is 0.376. The lowest BCUT2D eigenvalue weighted by molar-refractivity contribution is 1.16. The second kappa shape index (κ2) is 5.80. The Morgan fingerprint density at radius 3 is 2.19 bits per heavy atom. The molecular weight excluding hydrogens is 262 g/mol. The predicted molar refractivity (Wildman–Crippen MR) is 79.7 cm³/mol. The normalized spacial score (nSPS) is 9.86. The molecule has 1 N–H and O–H groups in total. The molecular formula is C16H11N5. The minimum Gasteiger partial charge on any atom is -0.323 e. The van der Waals surface area contributed by atoms with Crippen LogP contribution in [0, 0.1) is 11.3 Å². The Hall–Kier alpha value is -3.26. The molecule has 3 rings (SSSR count). The van der Waals surface area contributed by atoms with Crippen LogP contribution in [0.5, 0.6) is 0 Å². The summed E-state index contributed by atoms with van der Waals surface area (Å²) in [5, 5.41) is 11.7. The zero-order chi connectivity index (χ0) is 14.5. The summed E-state index contributed by atoms with van der Waals surface area (Å²) in [5.41, 5.74) is 3.14. The van der Waals surface area contributed by atoms with Gasteiger partial charge in [0.05, 0.1) is 11.9 Å². The minimum absolute atomic E-state index is 0.376. The Kier molecular flexibility index (Phi) is 3.52. The average Bonchev–Trinajstić information content (AvgIpc) is 2.57. The van der Waals surface area contributed by atoms with E-state index in [0.717, 1.165) is 16.8 Å². The smallest absolute Gasteiger partial charge is 0.227 e. The van der Waals surface area contributed by atoms with Crippen LogP contribution in [0.3, 0.4) is 0 Å². The van der Waals surface area contributed by atoms with Gasteiger partial charge in [0.15, 0.2) is 0 Å². The third kappa shape index (κ3) is 3.01. The van der Waals surface area contributed by atoms with Crippen LogP contribution in [0.15, 0.2) is 61.1 Å². The first-order valence-corrected chi connectivity index (χ1v) is 6.36. The Labute approximate surface area is 122 Å². The zero-order valence-electron chi connectivity index (χ0n) is 11.1. The number of rotatable bonds is 3. The maximum atomic E-state index is 8.70. The van der Waals surface area contributed by atoms with Gasteiger partial charge in [0, 0.05) is 18.0 Å². The molecule has 0 bridgehead atoms. The number of benzene rings is 1. The van der Waals surface area contributed by atoms with Crippen LogP contribution in [-0.2, 0) is 0 Å². The molecule has 1 aromatic carbocycles. The van der Waals surface area contributed by atoms with Crippen LogP contribution < -0.4 is 5.32 Å². The number of nitrogens with zero attached hydrogens (tertiary/aromatic N) is 4. The van der Waals surface area contributed by atoms with Gasteiger partial charge in [-0.3, -0.25) is 0 Å². The van der Waals surface area contributed by atoms with E-state index in [1.807, 2.05) is 36.4 Å². The highest BCUT2D eigenvalue weighted by Gasteiger charge is 2.01. The van der Waals surface area contributed by atoms with Gasteiger partial charge in [0.25, 0.3) is 0 Å². The Bertz CT molecular complexity index is 759. The molecule has 2 aromatic heterocycles. The lowest BCUT2D eigenvalue weighted by Gasteiger charge is -2.05. The highest BCUT2D eigenvalue weighted by Crippen LogP contribution is 2.18.